The zero-order valence-electron chi connectivity index (χ0n) is 12.3. The fourth-order valence-corrected chi connectivity index (χ4v) is 2.40. The Bertz CT molecular complexity index is 292. The second-order valence-corrected chi connectivity index (χ2v) is 5.58. The van der Waals surface area contributed by atoms with E-state index in [2.05, 4.69) is 10.6 Å². The molecule has 1 atom stereocenters. The van der Waals surface area contributed by atoms with Crippen molar-refractivity contribution in [3.8, 4) is 0 Å². The van der Waals surface area contributed by atoms with Crippen LogP contribution in [-0.4, -0.2) is 30.9 Å². The molecule has 1 fully saturated rings. The number of amides is 2. The van der Waals surface area contributed by atoms with Crippen molar-refractivity contribution in [2.75, 3.05) is 13.1 Å². The first-order valence-electron chi connectivity index (χ1n) is 7.37. The zero-order chi connectivity index (χ0) is 14.1. The largest absolute Gasteiger partial charge is 0.355 e. The average Bonchev–Trinajstić information content (AvgIpc) is 2.86. The predicted molar refractivity (Wildman–Crippen MR) is 82.7 cm³/mol. The lowest BCUT2D eigenvalue weighted by atomic mass is 10.0. The first-order valence-corrected chi connectivity index (χ1v) is 7.37. The zero-order valence-corrected chi connectivity index (χ0v) is 13.1. The van der Waals surface area contributed by atoms with Gasteiger partial charge in [0.1, 0.15) is 0 Å². The van der Waals surface area contributed by atoms with Gasteiger partial charge in [-0.05, 0) is 25.7 Å². The predicted octanol–water partition coefficient (Wildman–Crippen LogP) is 1.35. The maximum absolute atomic E-state index is 11.6. The highest BCUT2D eigenvalue weighted by atomic mass is 35.5. The molecule has 5 nitrogen and oxygen atoms in total. The number of nitrogens with one attached hydrogen (secondary N) is 2. The van der Waals surface area contributed by atoms with Crippen LogP contribution < -0.4 is 16.4 Å². The van der Waals surface area contributed by atoms with Gasteiger partial charge in [-0.2, -0.15) is 0 Å². The van der Waals surface area contributed by atoms with E-state index in [1.54, 1.807) is 0 Å². The van der Waals surface area contributed by atoms with Crippen molar-refractivity contribution < 1.29 is 9.59 Å². The second-order valence-electron chi connectivity index (χ2n) is 5.58. The van der Waals surface area contributed by atoms with Gasteiger partial charge in [-0.25, -0.2) is 0 Å². The van der Waals surface area contributed by atoms with Gasteiger partial charge in [-0.15, -0.1) is 12.4 Å². The molecular weight excluding hydrogens is 278 g/mol. The molecule has 20 heavy (non-hydrogen) atoms. The van der Waals surface area contributed by atoms with E-state index >= 15 is 0 Å². The summed E-state index contributed by atoms with van der Waals surface area (Å²) in [6, 6.07) is 0.0845. The van der Waals surface area contributed by atoms with Crippen LogP contribution in [0.4, 0.5) is 0 Å². The molecule has 2 amide bonds. The van der Waals surface area contributed by atoms with Crippen LogP contribution in [0, 0.1) is 5.92 Å². The number of nitrogens with two attached hydrogens (primary N) is 1. The van der Waals surface area contributed by atoms with Crippen molar-refractivity contribution >= 4 is 24.2 Å². The number of hydrogen-bond donors (Lipinski definition) is 3. The molecule has 0 radical (unpaired) electrons. The van der Waals surface area contributed by atoms with Gasteiger partial charge in [-0.1, -0.05) is 25.7 Å². The van der Waals surface area contributed by atoms with Crippen LogP contribution in [0.25, 0.3) is 0 Å². The summed E-state index contributed by atoms with van der Waals surface area (Å²) in [7, 11) is 0. The smallest absolute Gasteiger partial charge is 0.239 e. The Hall–Kier alpha value is -0.810. The van der Waals surface area contributed by atoms with Gasteiger partial charge < -0.3 is 16.4 Å². The van der Waals surface area contributed by atoms with Crippen LogP contribution in [0.1, 0.15) is 51.9 Å². The van der Waals surface area contributed by atoms with Crippen LogP contribution in [0.5, 0.6) is 0 Å². The lowest BCUT2D eigenvalue weighted by molar-refractivity contribution is -0.126. The van der Waals surface area contributed by atoms with E-state index in [0.29, 0.717) is 18.9 Å². The van der Waals surface area contributed by atoms with Crippen molar-refractivity contribution in [2.24, 2.45) is 11.7 Å². The number of rotatable bonds is 8. The second kappa shape index (κ2) is 10.9. The highest BCUT2D eigenvalue weighted by molar-refractivity contribution is 5.85. The Kier molecular flexibility index (Phi) is 10.5. The molecule has 1 aliphatic carbocycles. The molecule has 0 aromatic carbocycles. The summed E-state index contributed by atoms with van der Waals surface area (Å²) in [4.78, 5) is 23.0. The first kappa shape index (κ1) is 19.2. The van der Waals surface area contributed by atoms with E-state index in [1.165, 1.54) is 25.7 Å². The molecule has 0 heterocycles. The van der Waals surface area contributed by atoms with Gasteiger partial charge in [-0.3, -0.25) is 9.59 Å². The van der Waals surface area contributed by atoms with Gasteiger partial charge in [0.2, 0.25) is 11.8 Å². The van der Waals surface area contributed by atoms with Gasteiger partial charge in [0.25, 0.3) is 0 Å². The molecule has 118 valence electrons. The fourth-order valence-electron chi connectivity index (χ4n) is 2.40. The van der Waals surface area contributed by atoms with Crippen LogP contribution in [0.15, 0.2) is 0 Å². The van der Waals surface area contributed by atoms with Crippen LogP contribution in [0.2, 0.25) is 0 Å². The van der Waals surface area contributed by atoms with Gasteiger partial charge in [0, 0.05) is 19.0 Å². The molecule has 0 aromatic heterocycles. The van der Waals surface area contributed by atoms with Crippen molar-refractivity contribution in [1.29, 1.82) is 0 Å². The third-order valence-corrected chi connectivity index (χ3v) is 3.62. The van der Waals surface area contributed by atoms with Crippen molar-refractivity contribution in [3.05, 3.63) is 0 Å². The van der Waals surface area contributed by atoms with Gasteiger partial charge in [0.05, 0.1) is 6.54 Å². The fraction of sp³-hybridized carbons (Fsp3) is 0.857. The number of carbonyl (C=O) groups is 2. The Morgan fingerprint density at radius 2 is 1.85 bits per heavy atom. The van der Waals surface area contributed by atoms with E-state index in [0.717, 1.165) is 12.8 Å². The lowest BCUT2D eigenvalue weighted by Crippen LogP contribution is -2.38. The number of halogens is 1. The minimum absolute atomic E-state index is 0. The molecule has 1 rings (SSSR count). The first-order chi connectivity index (χ1) is 9.08. The monoisotopic (exact) mass is 305 g/mol. The van der Waals surface area contributed by atoms with Crippen molar-refractivity contribution in [1.82, 2.24) is 10.6 Å². The molecule has 0 aromatic rings. The molecule has 0 aliphatic heterocycles. The van der Waals surface area contributed by atoms with E-state index < -0.39 is 0 Å². The third-order valence-electron chi connectivity index (χ3n) is 3.62. The van der Waals surface area contributed by atoms with Crippen LogP contribution >= 0.6 is 12.4 Å². The summed E-state index contributed by atoms with van der Waals surface area (Å²) in [6.07, 6.45) is 7.36. The molecule has 6 heteroatoms. The highest BCUT2D eigenvalue weighted by Crippen LogP contribution is 2.28. The summed E-state index contributed by atoms with van der Waals surface area (Å²) < 4.78 is 0. The Morgan fingerprint density at radius 3 is 2.45 bits per heavy atom. The van der Waals surface area contributed by atoms with E-state index in [9.17, 15) is 9.59 Å². The number of carbonyl (C=O) groups excluding carboxylic acids is 2. The molecule has 0 saturated heterocycles. The van der Waals surface area contributed by atoms with Crippen LogP contribution in [-0.2, 0) is 9.59 Å². The Balaban J connectivity index is 0.00000361. The third kappa shape index (κ3) is 9.15. The summed E-state index contributed by atoms with van der Waals surface area (Å²) in [5.41, 5.74) is 5.58. The quantitative estimate of drug-likeness (QED) is 0.633. The molecule has 0 bridgehead atoms. The minimum Gasteiger partial charge on any atom is -0.355 e. The molecule has 1 unspecified atom stereocenters. The molecular formula is C14H28ClN3O2. The maximum Gasteiger partial charge on any atom is 0.239 e. The lowest BCUT2D eigenvalue weighted by Gasteiger charge is -2.10. The van der Waals surface area contributed by atoms with Crippen molar-refractivity contribution in [2.45, 2.75) is 57.9 Å². The highest BCUT2D eigenvalue weighted by Gasteiger charge is 2.16. The van der Waals surface area contributed by atoms with E-state index in [1.807, 2.05) is 6.92 Å². The Labute approximate surface area is 127 Å². The molecule has 4 N–H and O–H groups in total. The summed E-state index contributed by atoms with van der Waals surface area (Å²) >= 11 is 0. The molecule has 1 aliphatic rings. The van der Waals surface area contributed by atoms with E-state index in [4.69, 9.17) is 5.73 Å². The normalized spacial score (nSPS) is 16.3. The van der Waals surface area contributed by atoms with E-state index in [-0.39, 0.29) is 36.8 Å². The Morgan fingerprint density at radius 1 is 1.20 bits per heavy atom. The standard InChI is InChI=1S/C14H27N3O2.ClH/c1-11(15)8-9-16-14(19)10-17-13(18)7-6-12-4-2-3-5-12;/h11-12H,2-10,15H2,1H3,(H,16,19)(H,17,18);1H. The molecule has 1 saturated carbocycles. The SMILES string of the molecule is CC(N)CCNC(=O)CNC(=O)CCC1CCCC1.Cl. The van der Waals surface area contributed by atoms with Crippen molar-refractivity contribution in [3.63, 3.8) is 0 Å². The average molecular weight is 306 g/mol. The van der Waals surface area contributed by atoms with Crippen LogP contribution in [0.3, 0.4) is 0 Å². The summed E-state index contributed by atoms with van der Waals surface area (Å²) in [5.74, 6) is 0.551. The number of hydrogen-bond acceptors (Lipinski definition) is 3. The van der Waals surface area contributed by atoms with Gasteiger partial charge in [0.15, 0.2) is 0 Å². The van der Waals surface area contributed by atoms with Gasteiger partial charge >= 0.3 is 0 Å². The minimum atomic E-state index is -0.144. The topological polar surface area (TPSA) is 84.2 Å². The maximum atomic E-state index is 11.6. The molecule has 0 spiro atoms. The summed E-state index contributed by atoms with van der Waals surface area (Å²) in [5, 5.41) is 5.40. The summed E-state index contributed by atoms with van der Waals surface area (Å²) in [6.45, 7) is 2.54.